The van der Waals surface area contributed by atoms with E-state index in [9.17, 15) is 4.79 Å². The highest BCUT2D eigenvalue weighted by molar-refractivity contribution is 7.20. The number of halogens is 2. The number of hydrogen-bond acceptors (Lipinski definition) is 3. The van der Waals surface area contributed by atoms with E-state index in [0.29, 0.717) is 14.6 Å². The molecule has 3 nitrogen and oxygen atoms in total. The van der Waals surface area contributed by atoms with E-state index in [0.717, 1.165) is 12.0 Å². The molecule has 0 saturated heterocycles. The highest BCUT2D eigenvalue weighted by Gasteiger charge is 2.22. The maximum atomic E-state index is 11.9. The summed E-state index contributed by atoms with van der Waals surface area (Å²) in [5, 5.41) is 6.01. The van der Waals surface area contributed by atoms with Gasteiger partial charge in [0, 0.05) is 13.1 Å². The third kappa shape index (κ3) is 4.95. The van der Waals surface area contributed by atoms with Crippen LogP contribution in [0.5, 0.6) is 0 Å². The first-order valence-corrected chi connectivity index (χ1v) is 7.84. The highest BCUT2D eigenvalue weighted by atomic mass is 35.5. The Morgan fingerprint density at radius 3 is 2.42 bits per heavy atom. The summed E-state index contributed by atoms with van der Waals surface area (Å²) in [6.45, 7) is 6.17. The van der Waals surface area contributed by atoms with Gasteiger partial charge >= 0.3 is 0 Å². The SMILES string of the molecule is CNC(=O)C(CC(C)C)NC(C)c1cc(Cl)sc1Cl. The van der Waals surface area contributed by atoms with Gasteiger partial charge in [-0.3, -0.25) is 10.1 Å². The van der Waals surface area contributed by atoms with Crippen molar-refractivity contribution >= 4 is 40.4 Å². The summed E-state index contributed by atoms with van der Waals surface area (Å²) < 4.78 is 1.33. The minimum atomic E-state index is -0.227. The molecule has 0 bridgehead atoms. The van der Waals surface area contributed by atoms with E-state index in [-0.39, 0.29) is 18.0 Å². The Hall–Kier alpha value is -0.290. The van der Waals surface area contributed by atoms with E-state index in [1.807, 2.05) is 13.0 Å². The molecule has 0 aromatic carbocycles. The number of nitrogens with one attached hydrogen (secondary N) is 2. The molecule has 0 fully saturated rings. The molecule has 1 aromatic rings. The molecule has 0 spiro atoms. The summed E-state index contributed by atoms with van der Waals surface area (Å²) >= 11 is 13.4. The molecule has 1 heterocycles. The van der Waals surface area contributed by atoms with Gasteiger partial charge in [-0.15, -0.1) is 11.3 Å². The van der Waals surface area contributed by atoms with Crippen LogP contribution in [0.3, 0.4) is 0 Å². The van der Waals surface area contributed by atoms with Crippen molar-refractivity contribution in [2.75, 3.05) is 7.05 Å². The number of rotatable bonds is 6. The van der Waals surface area contributed by atoms with Crippen LogP contribution in [0, 0.1) is 5.92 Å². The van der Waals surface area contributed by atoms with Gasteiger partial charge in [-0.05, 0) is 30.9 Å². The van der Waals surface area contributed by atoms with Crippen LogP contribution >= 0.6 is 34.5 Å². The molecule has 6 heteroatoms. The molecule has 1 rings (SSSR count). The second-order valence-electron chi connectivity index (χ2n) is 4.96. The van der Waals surface area contributed by atoms with Gasteiger partial charge in [-0.1, -0.05) is 37.0 Å². The fourth-order valence-corrected chi connectivity index (χ4v) is 3.58. The number of thiophene rings is 1. The monoisotopic (exact) mass is 322 g/mol. The second kappa shape index (κ2) is 7.48. The molecule has 2 atom stereocenters. The number of amides is 1. The lowest BCUT2D eigenvalue weighted by molar-refractivity contribution is -0.123. The normalized spacial score (nSPS) is 14.5. The third-order valence-electron chi connectivity index (χ3n) is 2.87. The number of likely N-dealkylation sites (N-methyl/N-ethyl adjacent to an activating group) is 1. The van der Waals surface area contributed by atoms with Gasteiger partial charge < -0.3 is 5.32 Å². The topological polar surface area (TPSA) is 41.1 Å². The van der Waals surface area contributed by atoms with E-state index >= 15 is 0 Å². The lowest BCUT2D eigenvalue weighted by Crippen LogP contribution is -2.44. The van der Waals surface area contributed by atoms with Crippen LogP contribution in [0.15, 0.2) is 6.07 Å². The van der Waals surface area contributed by atoms with Gasteiger partial charge in [0.05, 0.1) is 14.7 Å². The van der Waals surface area contributed by atoms with Crippen LogP contribution in [-0.4, -0.2) is 19.0 Å². The first-order valence-electron chi connectivity index (χ1n) is 6.27. The van der Waals surface area contributed by atoms with E-state index in [1.54, 1.807) is 7.05 Å². The predicted octanol–water partition coefficient (Wildman–Crippen LogP) is 3.87. The van der Waals surface area contributed by atoms with Crippen LogP contribution in [0.25, 0.3) is 0 Å². The van der Waals surface area contributed by atoms with Crippen LogP contribution in [0.2, 0.25) is 8.67 Å². The molecule has 0 saturated carbocycles. The van der Waals surface area contributed by atoms with Gasteiger partial charge in [0.2, 0.25) is 5.91 Å². The van der Waals surface area contributed by atoms with Crippen LogP contribution < -0.4 is 10.6 Å². The molecular weight excluding hydrogens is 303 g/mol. The average molecular weight is 323 g/mol. The Bertz CT molecular complexity index is 434. The Balaban J connectivity index is 2.78. The van der Waals surface area contributed by atoms with Crippen molar-refractivity contribution in [3.63, 3.8) is 0 Å². The molecule has 1 amide bonds. The molecule has 2 N–H and O–H groups in total. The highest BCUT2D eigenvalue weighted by Crippen LogP contribution is 2.35. The fraction of sp³-hybridized carbons (Fsp3) is 0.615. The molecule has 19 heavy (non-hydrogen) atoms. The number of carbonyl (C=O) groups is 1. The summed E-state index contributed by atoms with van der Waals surface area (Å²) in [6, 6.07) is 1.61. The summed E-state index contributed by atoms with van der Waals surface area (Å²) in [6.07, 6.45) is 0.777. The van der Waals surface area contributed by atoms with Crippen molar-refractivity contribution in [3.05, 3.63) is 20.3 Å². The van der Waals surface area contributed by atoms with Gasteiger partial charge in [-0.25, -0.2) is 0 Å². The largest absolute Gasteiger partial charge is 0.358 e. The third-order valence-corrected chi connectivity index (χ3v) is 4.39. The Morgan fingerprint density at radius 2 is 2.00 bits per heavy atom. The molecule has 0 radical (unpaired) electrons. The van der Waals surface area contributed by atoms with E-state index in [1.165, 1.54) is 11.3 Å². The first-order chi connectivity index (χ1) is 8.85. The molecule has 0 aliphatic heterocycles. The van der Waals surface area contributed by atoms with E-state index in [2.05, 4.69) is 24.5 Å². The summed E-state index contributed by atoms with van der Waals surface area (Å²) in [7, 11) is 1.65. The second-order valence-corrected chi connectivity index (χ2v) is 7.25. The zero-order chi connectivity index (χ0) is 14.6. The van der Waals surface area contributed by atoms with Crippen LogP contribution in [0.4, 0.5) is 0 Å². The zero-order valence-corrected chi connectivity index (χ0v) is 13.9. The molecular formula is C13H20Cl2N2OS. The van der Waals surface area contributed by atoms with Gasteiger partial charge in [0.1, 0.15) is 0 Å². The van der Waals surface area contributed by atoms with E-state index < -0.39 is 0 Å². The van der Waals surface area contributed by atoms with Crippen molar-refractivity contribution in [2.45, 2.75) is 39.3 Å². The maximum absolute atomic E-state index is 11.9. The van der Waals surface area contributed by atoms with Crippen molar-refractivity contribution < 1.29 is 4.79 Å². The minimum Gasteiger partial charge on any atom is -0.358 e. The number of hydrogen-bond donors (Lipinski definition) is 2. The van der Waals surface area contributed by atoms with Gasteiger partial charge in [0.15, 0.2) is 0 Å². The molecule has 2 unspecified atom stereocenters. The Morgan fingerprint density at radius 1 is 1.37 bits per heavy atom. The fourth-order valence-electron chi connectivity index (χ4n) is 1.94. The first kappa shape index (κ1) is 16.8. The predicted molar refractivity (Wildman–Crippen MR) is 83.2 cm³/mol. The van der Waals surface area contributed by atoms with Crippen LogP contribution in [-0.2, 0) is 4.79 Å². The average Bonchev–Trinajstić information content (AvgIpc) is 2.66. The Kier molecular flexibility index (Phi) is 6.60. The minimum absolute atomic E-state index is 0.00185. The van der Waals surface area contributed by atoms with Crippen molar-refractivity contribution in [1.29, 1.82) is 0 Å². The standard InChI is InChI=1S/C13H20Cl2N2OS/c1-7(2)5-10(13(18)16-4)17-8(3)9-6-11(14)19-12(9)15/h6-8,10,17H,5H2,1-4H3,(H,16,18). The van der Waals surface area contributed by atoms with Gasteiger partial charge in [0.25, 0.3) is 0 Å². The lowest BCUT2D eigenvalue weighted by atomic mass is 10.0. The van der Waals surface area contributed by atoms with Crippen molar-refractivity contribution in [2.24, 2.45) is 5.92 Å². The van der Waals surface area contributed by atoms with Crippen molar-refractivity contribution in [3.8, 4) is 0 Å². The summed E-state index contributed by atoms with van der Waals surface area (Å²) in [5.41, 5.74) is 0.939. The molecule has 0 aliphatic carbocycles. The summed E-state index contributed by atoms with van der Waals surface area (Å²) in [5.74, 6) is 0.432. The Labute approximate surface area is 128 Å². The molecule has 1 aromatic heterocycles. The lowest BCUT2D eigenvalue weighted by Gasteiger charge is -2.23. The smallest absolute Gasteiger partial charge is 0.236 e. The van der Waals surface area contributed by atoms with Gasteiger partial charge in [-0.2, -0.15) is 0 Å². The quantitative estimate of drug-likeness (QED) is 0.834. The maximum Gasteiger partial charge on any atom is 0.236 e. The van der Waals surface area contributed by atoms with E-state index in [4.69, 9.17) is 23.2 Å². The van der Waals surface area contributed by atoms with Crippen LogP contribution in [0.1, 0.15) is 38.8 Å². The zero-order valence-electron chi connectivity index (χ0n) is 11.6. The summed E-state index contributed by atoms with van der Waals surface area (Å²) in [4.78, 5) is 11.9. The molecule has 108 valence electrons. The molecule has 0 aliphatic rings. The number of carbonyl (C=O) groups excluding carboxylic acids is 1. The van der Waals surface area contributed by atoms with Crippen molar-refractivity contribution in [1.82, 2.24) is 10.6 Å².